The Hall–Kier alpha value is -1.54. The summed E-state index contributed by atoms with van der Waals surface area (Å²) < 4.78 is 32.6. The molecular weight excluding hydrogens is 328 g/mol. The number of ether oxygens (including phenoxy) is 1. The van der Waals surface area contributed by atoms with Crippen molar-refractivity contribution in [1.29, 1.82) is 0 Å². The molecule has 0 saturated heterocycles. The average molecular weight is 352 g/mol. The third-order valence-electron chi connectivity index (χ3n) is 4.65. The van der Waals surface area contributed by atoms with E-state index in [-0.39, 0.29) is 23.6 Å². The molecule has 1 fully saturated rings. The first-order valence-corrected chi connectivity index (χ1v) is 10.1. The Kier molecular flexibility index (Phi) is 4.87. The van der Waals surface area contributed by atoms with Crippen LogP contribution in [-0.4, -0.2) is 46.5 Å². The van der Waals surface area contributed by atoms with Crippen molar-refractivity contribution in [2.75, 3.05) is 12.4 Å². The van der Waals surface area contributed by atoms with E-state index in [1.54, 1.807) is 13.0 Å². The van der Waals surface area contributed by atoms with Crippen molar-refractivity contribution in [3.63, 3.8) is 0 Å². The fraction of sp³-hybridized carbons (Fsp3) is 0.688. The van der Waals surface area contributed by atoms with Gasteiger partial charge in [-0.05, 0) is 32.6 Å². The van der Waals surface area contributed by atoms with Crippen molar-refractivity contribution in [2.45, 2.75) is 57.7 Å². The van der Waals surface area contributed by atoms with Crippen LogP contribution in [0.3, 0.4) is 0 Å². The van der Waals surface area contributed by atoms with E-state index in [2.05, 4.69) is 22.1 Å². The molecule has 24 heavy (non-hydrogen) atoms. The maximum absolute atomic E-state index is 12.6. The summed E-state index contributed by atoms with van der Waals surface area (Å²) in [6.07, 6.45) is 4.71. The van der Waals surface area contributed by atoms with Gasteiger partial charge in [-0.2, -0.15) is 0 Å². The summed E-state index contributed by atoms with van der Waals surface area (Å²) in [4.78, 5) is 4.30. The van der Waals surface area contributed by atoms with Crippen molar-refractivity contribution in [1.82, 2.24) is 19.6 Å². The SMILES string of the molecule is Cc1cc2nnc(S(=O)(=O)CCOC3CCCCC3C)n2c(C)n1. The normalized spacial score (nSPS) is 22.1. The largest absolute Gasteiger partial charge is 0.377 e. The Bertz CT molecular complexity index is 831. The lowest BCUT2D eigenvalue weighted by Crippen LogP contribution is -2.28. The predicted octanol–water partition coefficient (Wildman–Crippen LogP) is 2.11. The van der Waals surface area contributed by atoms with E-state index in [1.807, 2.05) is 6.92 Å². The fourth-order valence-electron chi connectivity index (χ4n) is 3.33. The predicted molar refractivity (Wildman–Crippen MR) is 89.7 cm³/mol. The Labute approximate surface area is 142 Å². The molecule has 0 amide bonds. The molecule has 132 valence electrons. The molecule has 2 aromatic rings. The standard InChI is InChI=1S/C16H24N4O3S/c1-11-6-4-5-7-14(11)23-8-9-24(21,22)16-19-18-15-10-12(2)17-13(3)20(15)16/h10-11,14H,4-9H2,1-3H3. The molecule has 8 heteroatoms. The highest BCUT2D eigenvalue weighted by Crippen LogP contribution is 2.26. The molecule has 1 saturated carbocycles. The van der Waals surface area contributed by atoms with Crippen LogP contribution >= 0.6 is 0 Å². The molecule has 0 aliphatic heterocycles. The van der Waals surface area contributed by atoms with Gasteiger partial charge in [0.25, 0.3) is 5.16 Å². The zero-order valence-corrected chi connectivity index (χ0v) is 15.2. The second-order valence-electron chi connectivity index (χ2n) is 6.61. The van der Waals surface area contributed by atoms with Crippen LogP contribution in [0, 0.1) is 19.8 Å². The first-order valence-electron chi connectivity index (χ1n) is 8.42. The van der Waals surface area contributed by atoms with Crippen LogP contribution in [0.15, 0.2) is 11.2 Å². The van der Waals surface area contributed by atoms with Crippen LogP contribution in [0.4, 0.5) is 0 Å². The van der Waals surface area contributed by atoms with Gasteiger partial charge in [0.1, 0.15) is 5.82 Å². The Balaban J connectivity index is 1.74. The Morgan fingerprint density at radius 3 is 2.75 bits per heavy atom. The number of hydrogen-bond acceptors (Lipinski definition) is 6. The van der Waals surface area contributed by atoms with Crippen LogP contribution in [0.1, 0.15) is 44.1 Å². The van der Waals surface area contributed by atoms with Crippen molar-refractivity contribution >= 4 is 15.5 Å². The monoisotopic (exact) mass is 352 g/mol. The molecule has 0 radical (unpaired) electrons. The van der Waals surface area contributed by atoms with Gasteiger partial charge in [0.15, 0.2) is 5.65 Å². The van der Waals surface area contributed by atoms with Crippen LogP contribution in [0.25, 0.3) is 5.65 Å². The summed E-state index contributed by atoms with van der Waals surface area (Å²) in [5.74, 6) is 0.963. The second kappa shape index (κ2) is 6.76. The van der Waals surface area contributed by atoms with Crippen LogP contribution in [0.5, 0.6) is 0 Å². The minimum absolute atomic E-state index is 0.0530. The number of aryl methyl sites for hydroxylation is 2. The maximum atomic E-state index is 12.6. The van der Waals surface area contributed by atoms with E-state index >= 15 is 0 Å². The molecule has 0 spiro atoms. The van der Waals surface area contributed by atoms with Gasteiger partial charge in [-0.1, -0.05) is 19.8 Å². The van der Waals surface area contributed by atoms with Crippen LogP contribution in [-0.2, 0) is 14.6 Å². The number of hydrogen-bond donors (Lipinski definition) is 0. The molecule has 2 heterocycles. The highest BCUT2D eigenvalue weighted by molar-refractivity contribution is 7.91. The van der Waals surface area contributed by atoms with E-state index in [0.29, 0.717) is 17.4 Å². The van der Waals surface area contributed by atoms with Gasteiger partial charge in [-0.25, -0.2) is 13.4 Å². The van der Waals surface area contributed by atoms with Crippen LogP contribution < -0.4 is 0 Å². The van der Waals surface area contributed by atoms with Gasteiger partial charge in [-0.3, -0.25) is 4.40 Å². The van der Waals surface area contributed by atoms with Crippen molar-refractivity contribution in [3.8, 4) is 0 Å². The highest BCUT2D eigenvalue weighted by atomic mass is 32.2. The second-order valence-corrected chi connectivity index (χ2v) is 8.61. The number of fused-ring (bicyclic) bond motifs is 1. The van der Waals surface area contributed by atoms with E-state index < -0.39 is 9.84 Å². The lowest BCUT2D eigenvalue weighted by Gasteiger charge is -2.28. The summed E-state index contributed by atoms with van der Waals surface area (Å²) in [7, 11) is -3.57. The van der Waals surface area contributed by atoms with E-state index in [0.717, 1.165) is 25.0 Å². The van der Waals surface area contributed by atoms with Gasteiger partial charge in [0.2, 0.25) is 9.84 Å². The molecule has 2 aromatic heterocycles. The van der Waals surface area contributed by atoms with Crippen molar-refractivity contribution < 1.29 is 13.2 Å². The number of nitrogens with zero attached hydrogens (tertiary/aromatic N) is 4. The van der Waals surface area contributed by atoms with Gasteiger partial charge in [-0.15, -0.1) is 10.2 Å². The highest BCUT2D eigenvalue weighted by Gasteiger charge is 2.26. The lowest BCUT2D eigenvalue weighted by molar-refractivity contribution is 0.00299. The molecule has 0 bridgehead atoms. The minimum Gasteiger partial charge on any atom is -0.377 e. The lowest BCUT2D eigenvalue weighted by atomic mass is 9.88. The summed E-state index contributed by atoms with van der Waals surface area (Å²) in [5, 5.41) is 7.80. The van der Waals surface area contributed by atoms with E-state index in [9.17, 15) is 8.42 Å². The topological polar surface area (TPSA) is 86.5 Å². The molecule has 1 aliphatic rings. The molecule has 1 aliphatic carbocycles. The summed E-state index contributed by atoms with van der Waals surface area (Å²) >= 11 is 0. The Morgan fingerprint density at radius 2 is 2.00 bits per heavy atom. The molecule has 0 N–H and O–H groups in total. The van der Waals surface area contributed by atoms with Crippen molar-refractivity contribution in [3.05, 3.63) is 17.6 Å². The fourth-order valence-corrected chi connectivity index (χ4v) is 4.50. The molecule has 0 aromatic carbocycles. The summed E-state index contributed by atoms with van der Waals surface area (Å²) in [6.45, 7) is 5.95. The number of rotatable bonds is 5. The molecule has 3 rings (SSSR count). The quantitative estimate of drug-likeness (QED) is 0.819. The molecule has 7 nitrogen and oxygen atoms in total. The first-order chi connectivity index (χ1) is 11.4. The minimum atomic E-state index is -3.57. The number of sulfone groups is 1. The smallest absolute Gasteiger partial charge is 0.255 e. The zero-order valence-electron chi connectivity index (χ0n) is 14.4. The summed E-state index contributed by atoms with van der Waals surface area (Å²) in [6, 6.07) is 1.72. The molecule has 2 atom stereocenters. The molecule has 2 unspecified atom stereocenters. The summed E-state index contributed by atoms with van der Waals surface area (Å²) in [5.41, 5.74) is 1.28. The van der Waals surface area contributed by atoms with Crippen molar-refractivity contribution in [2.24, 2.45) is 5.92 Å². The van der Waals surface area contributed by atoms with Crippen LogP contribution in [0.2, 0.25) is 0 Å². The average Bonchev–Trinajstić information content (AvgIpc) is 2.94. The third-order valence-corrected chi connectivity index (χ3v) is 6.18. The third kappa shape index (κ3) is 3.44. The van der Waals surface area contributed by atoms with E-state index in [1.165, 1.54) is 10.8 Å². The van der Waals surface area contributed by atoms with Gasteiger partial charge in [0, 0.05) is 11.8 Å². The number of aromatic nitrogens is 4. The van der Waals surface area contributed by atoms with Gasteiger partial charge in [0.05, 0.1) is 18.5 Å². The first kappa shape index (κ1) is 17.3. The van der Waals surface area contributed by atoms with E-state index in [4.69, 9.17) is 4.74 Å². The maximum Gasteiger partial charge on any atom is 0.255 e. The van der Waals surface area contributed by atoms with Gasteiger partial charge < -0.3 is 4.74 Å². The zero-order chi connectivity index (χ0) is 17.3. The van der Waals surface area contributed by atoms with Gasteiger partial charge >= 0.3 is 0 Å². The Morgan fingerprint density at radius 1 is 1.25 bits per heavy atom. The molecular formula is C16H24N4O3S.